The van der Waals surface area contributed by atoms with Gasteiger partial charge in [0, 0.05) is 5.92 Å². The van der Waals surface area contributed by atoms with Gasteiger partial charge in [-0.15, -0.1) is 0 Å². The number of carbonyl (C=O) groups excluding carboxylic acids is 1. The third kappa shape index (κ3) is 2.64. The third-order valence-corrected chi connectivity index (χ3v) is 3.39. The van der Waals surface area contributed by atoms with Crippen LogP contribution in [-0.2, 0) is 4.79 Å². The SMILES string of the molecule is CC1CCC(C(=O)Nc2[nH]ncc2C#N)CC1. The Bertz CT molecular complexity index is 438. The molecule has 2 rings (SSSR count). The molecule has 1 aromatic rings. The first-order chi connectivity index (χ1) is 8.20. The molecule has 1 amide bonds. The van der Waals surface area contributed by atoms with E-state index in [0.29, 0.717) is 11.4 Å². The first-order valence-electron chi connectivity index (χ1n) is 5.95. The Hall–Kier alpha value is -1.83. The van der Waals surface area contributed by atoms with Crippen LogP contribution >= 0.6 is 0 Å². The normalized spacial score (nSPS) is 24.0. The van der Waals surface area contributed by atoms with Crippen LogP contribution in [0, 0.1) is 23.2 Å². The molecule has 1 saturated carbocycles. The maximum atomic E-state index is 12.0. The molecule has 1 aromatic heterocycles. The smallest absolute Gasteiger partial charge is 0.228 e. The van der Waals surface area contributed by atoms with Crippen molar-refractivity contribution in [2.75, 3.05) is 5.32 Å². The van der Waals surface area contributed by atoms with Crippen molar-refractivity contribution in [1.82, 2.24) is 10.2 Å². The highest BCUT2D eigenvalue weighted by Crippen LogP contribution is 2.29. The number of carbonyl (C=O) groups is 1. The number of hydrogen-bond acceptors (Lipinski definition) is 3. The molecule has 2 N–H and O–H groups in total. The quantitative estimate of drug-likeness (QED) is 0.818. The Morgan fingerprint density at radius 1 is 1.53 bits per heavy atom. The van der Waals surface area contributed by atoms with E-state index >= 15 is 0 Å². The Morgan fingerprint density at radius 2 is 2.24 bits per heavy atom. The van der Waals surface area contributed by atoms with Gasteiger partial charge in [-0.25, -0.2) is 0 Å². The van der Waals surface area contributed by atoms with E-state index in [0.717, 1.165) is 31.6 Å². The number of anilines is 1. The number of H-pyrrole nitrogens is 1. The molecule has 17 heavy (non-hydrogen) atoms. The van der Waals surface area contributed by atoms with E-state index in [9.17, 15) is 4.79 Å². The van der Waals surface area contributed by atoms with Crippen LogP contribution in [-0.4, -0.2) is 16.1 Å². The maximum Gasteiger partial charge on any atom is 0.228 e. The largest absolute Gasteiger partial charge is 0.310 e. The summed E-state index contributed by atoms with van der Waals surface area (Å²) in [6.45, 7) is 2.22. The number of nitrogens with zero attached hydrogens (tertiary/aromatic N) is 2. The van der Waals surface area contributed by atoms with Gasteiger partial charge < -0.3 is 5.32 Å². The molecule has 1 fully saturated rings. The fourth-order valence-electron chi connectivity index (χ4n) is 2.21. The van der Waals surface area contributed by atoms with E-state index in [1.54, 1.807) is 0 Å². The number of nitrogens with one attached hydrogen (secondary N) is 2. The van der Waals surface area contributed by atoms with Crippen molar-refractivity contribution in [2.24, 2.45) is 11.8 Å². The van der Waals surface area contributed by atoms with Crippen molar-refractivity contribution < 1.29 is 4.79 Å². The molecule has 1 aliphatic carbocycles. The summed E-state index contributed by atoms with van der Waals surface area (Å²) in [5, 5.41) is 17.9. The number of hydrogen-bond donors (Lipinski definition) is 2. The molecule has 0 atom stereocenters. The second-order valence-corrected chi connectivity index (χ2v) is 4.72. The number of rotatable bonds is 2. The van der Waals surface area contributed by atoms with Crippen LogP contribution in [0.15, 0.2) is 6.20 Å². The molecule has 5 heteroatoms. The van der Waals surface area contributed by atoms with Crippen molar-refractivity contribution in [3.63, 3.8) is 0 Å². The second kappa shape index (κ2) is 5.00. The predicted molar refractivity (Wildman–Crippen MR) is 63.1 cm³/mol. The molecular weight excluding hydrogens is 216 g/mol. The first-order valence-corrected chi connectivity index (χ1v) is 5.95. The van der Waals surface area contributed by atoms with Crippen LogP contribution in [0.25, 0.3) is 0 Å². The molecule has 0 spiro atoms. The monoisotopic (exact) mass is 232 g/mol. The molecule has 5 nitrogen and oxygen atoms in total. The molecule has 0 saturated heterocycles. The lowest BCUT2D eigenvalue weighted by molar-refractivity contribution is -0.121. The van der Waals surface area contributed by atoms with Gasteiger partial charge in [-0.3, -0.25) is 9.89 Å². The number of aromatic amines is 1. The highest BCUT2D eigenvalue weighted by atomic mass is 16.1. The standard InChI is InChI=1S/C12H16N4O/c1-8-2-4-9(5-3-8)12(17)15-11-10(6-13)7-14-16-11/h7-9H,2-5H2,1H3,(H2,14,15,16,17). The van der Waals surface area contributed by atoms with E-state index in [-0.39, 0.29) is 11.8 Å². The van der Waals surface area contributed by atoms with E-state index in [2.05, 4.69) is 22.4 Å². The van der Waals surface area contributed by atoms with Crippen LogP contribution in [0.3, 0.4) is 0 Å². The highest BCUT2D eigenvalue weighted by Gasteiger charge is 2.25. The number of amides is 1. The Kier molecular flexibility index (Phi) is 3.43. The first kappa shape index (κ1) is 11.6. The summed E-state index contributed by atoms with van der Waals surface area (Å²) in [4.78, 5) is 12.0. The molecule has 0 aliphatic heterocycles. The van der Waals surface area contributed by atoms with Crippen molar-refractivity contribution >= 4 is 11.7 Å². The fourth-order valence-corrected chi connectivity index (χ4v) is 2.21. The van der Waals surface area contributed by atoms with Crippen LogP contribution in [0.1, 0.15) is 38.2 Å². The Balaban J connectivity index is 1.96. The summed E-state index contributed by atoms with van der Waals surface area (Å²) in [7, 11) is 0. The highest BCUT2D eigenvalue weighted by molar-refractivity contribution is 5.92. The van der Waals surface area contributed by atoms with Gasteiger partial charge in [0.1, 0.15) is 17.5 Å². The predicted octanol–water partition coefficient (Wildman–Crippen LogP) is 2.05. The van der Waals surface area contributed by atoms with Crippen molar-refractivity contribution in [3.8, 4) is 6.07 Å². The van der Waals surface area contributed by atoms with E-state index in [4.69, 9.17) is 5.26 Å². The molecule has 1 heterocycles. The average Bonchev–Trinajstić information content (AvgIpc) is 2.77. The fraction of sp³-hybridized carbons (Fsp3) is 0.583. The van der Waals surface area contributed by atoms with E-state index in [1.807, 2.05) is 6.07 Å². The van der Waals surface area contributed by atoms with Crippen LogP contribution in [0.5, 0.6) is 0 Å². The molecule has 0 bridgehead atoms. The molecule has 0 aromatic carbocycles. The number of aromatic nitrogens is 2. The van der Waals surface area contributed by atoms with E-state index in [1.165, 1.54) is 6.20 Å². The topological polar surface area (TPSA) is 81.6 Å². The molecular formula is C12H16N4O. The summed E-state index contributed by atoms with van der Waals surface area (Å²) in [6, 6.07) is 1.98. The van der Waals surface area contributed by atoms with Gasteiger partial charge in [0.05, 0.1) is 6.20 Å². The van der Waals surface area contributed by atoms with Gasteiger partial charge in [0.2, 0.25) is 5.91 Å². The molecule has 90 valence electrons. The zero-order valence-corrected chi connectivity index (χ0v) is 9.86. The second-order valence-electron chi connectivity index (χ2n) is 4.72. The summed E-state index contributed by atoms with van der Waals surface area (Å²) < 4.78 is 0. The molecule has 1 aliphatic rings. The average molecular weight is 232 g/mol. The lowest BCUT2D eigenvalue weighted by Crippen LogP contribution is -2.27. The van der Waals surface area contributed by atoms with Crippen LogP contribution in [0.2, 0.25) is 0 Å². The summed E-state index contributed by atoms with van der Waals surface area (Å²) >= 11 is 0. The van der Waals surface area contributed by atoms with Gasteiger partial charge in [-0.1, -0.05) is 6.92 Å². The van der Waals surface area contributed by atoms with Crippen molar-refractivity contribution in [3.05, 3.63) is 11.8 Å². The van der Waals surface area contributed by atoms with Gasteiger partial charge in [-0.05, 0) is 31.6 Å². The van der Waals surface area contributed by atoms with Gasteiger partial charge in [0.15, 0.2) is 0 Å². The zero-order valence-electron chi connectivity index (χ0n) is 9.86. The van der Waals surface area contributed by atoms with Crippen molar-refractivity contribution in [2.45, 2.75) is 32.6 Å². The number of nitriles is 1. The van der Waals surface area contributed by atoms with E-state index < -0.39 is 0 Å². The zero-order chi connectivity index (χ0) is 12.3. The minimum Gasteiger partial charge on any atom is -0.310 e. The lowest BCUT2D eigenvalue weighted by Gasteiger charge is -2.24. The minimum absolute atomic E-state index is 0.00218. The van der Waals surface area contributed by atoms with Gasteiger partial charge >= 0.3 is 0 Å². The Morgan fingerprint density at radius 3 is 2.88 bits per heavy atom. The van der Waals surface area contributed by atoms with Gasteiger partial charge in [-0.2, -0.15) is 10.4 Å². The van der Waals surface area contributed by atoms with Crippen molar-refractivity contribution in [1.29, 1.82) is 5.26 Å². The maximum absolute atomic E-state index is 12.0. The molecule has 0 radical (unpaired) electrons. The van der Waals surface area contributed by atoms with Gasteiger partial charge in [0.25, 0.3) is 0 Å². The van der Waals surface area contributed by atoms with Crippen LogP contribution in [0.4, 0.5) is 5.82 Å². The summed E-state index contributed by atoms with van der Waals surface area (Å²) in [5.74, 6) is 1.20. The minimum atomic E-state index is -0.00218. The summed E-state index contributed by atoms with van der Waals surface area (Å²) in [5.41, 5.74) is 0.377. The molecule has 0 unspecified atom stereocenters. The van der Waals surface area contributed by atoms with Crippen LogP contribution < -0.4 is 5.32 Å². The summed E-state index contributed by atoms with van der Waals surface area (Å²) in [6.07, 6.45) is 5.49. The Labute approximate surface area is 100 Å². The third-order valence-electron chi connectivity index (χ3n) is 3.39. The lowest BCUT2D eigenvalue weighted by atomic mass is 9.82.